The molecule has 1 aliphatic heterocycles. The molecule has 1 unspecified atom stereocenters. The van der Waals surface area contributed by atoms with Crippen LogP contribution in [0.3, 0.4) is 0 Å². The van der Waals surface area contributed by atoms with Crippen molar-refractivity contribution in [1.82, 2.24) is 5.43 Å². The van der Waals surface area contributed by atoms with Crippen LogP contribution in [-0.2, 0) is 4.79 Å². The zero-order chi connectivity index (χ0) is 17.1. The first-order valence-corrected chi connectivity index (χ1v) is 8.11. The maximum Gasteiger partial charge on any atom is 0.284 e. The van der Waals surface area contributed by atoms with E-state index in [1.807, 2.05) is 6.07 Å². The van der Waals surface area contributed by atoms with Crippen LogP contribution < -0.4 is 14.9 Å². The van der Waals surface area contributed by atoms with Gasteiger partial charge in [0, 0.05) is 10.0 Å². The van der Waals surface area contributed by atoms with Gasteiger partial charge in [0.25, 0.3) is 5.91 Å². The molecule has 1 amide bonds. The number of hydrogen-bond donors (Lipinski definition) is 2. The number of ether oxygens (including phenoxy) is 2. The fourth-order valence-electron chi connectivity index (χ4n) is 2.07. The molecule has 0 saturated heterocycles. The van der Waals surface area contributed by atoms with E-state index >= 15 is 0 Å². The molecule has 6 nitrogen and oxygen atoms in total. The first kappa shape index (κ1) is 16.6. The number of phenols is 1. The van der Waals surface area contributed by atoms with Crippen LogP contribution in [0.2, 0.25) is 5.02 Å². The standard InChI is InChI=1S/C16H12BrClN2O4/c17-10-5-9(15(21)11(18)6-10)7-19-20-16(22)14-8-23-12-3-1-2-4-13(12)24-14/h1-7,14,21H,8H2,(H,20,22). The van der Waals surface area contributed by atoms with Crippen LogP contribution in [0.4, 0.5) is 0 Å². The minimum Gasteiger partial charge on any atom is -0.506 e. The van der Waals surface area contributed by atoms with E-state index in [4.69, 9.17) is 21.1 Å². The molecule has 124 valence electrons. The lowest BCUT2D eigenvalue weighted by atomic mass is 10.2. The maximum absolute atomic E-state index is 12.1. The molecule has 24 heavy (non-hydrogen) atoms. The van der Waals surface area contributed by atoms with Crippen LogP contribution in [0.1, 0.15) is 5.56 Å². The van der Waals surface area contributed by atoms with E-state index in [1.165, 1.54) is 6.21 Å². The number of benzene rings is 2. The number of nitrogens with zero attached hydrogens (tertiary/aromatic N) is 1. The number of hydrogen-bond acceptors (Lipinski definition) is 5. The van der Waals surface area contributed by atoms with Gasteiger partial charge < -0.3 is 14.6 Å². The predicted octanol–water partition coefficient (Wildman–Crippen LogP) is 3.10. The Bertz CT molecular complexity index is 813. The lowest BCUT2D eigenvalue weighted by Gasteiger charge is -2.24. The van der Waals surface area contributed by atoms with Crippen LogP contribution >= 0.6 is 27.5 Å². The van der Waals surface area contributed by atoms with Gasteiger partial charge in [-0.05, 0) is 24.3 Å². The third-order valence-electron chi connectivity index (χ3n) is 3.24. The number of para-hydroxylation sites is 2. The molecule has 1 heterocycles. The van der Waals surface area contributed by atoms with Crippen LogP contribution in [0.25, 0.3) is 0 Å². The second-order valence-corrected chi connectivity index (χ2v) is 6.25. The fraction of sp³-hybridized carbons (Fsp3) is 0.125. The monoisotopic (exact) mass is 410 g/mol. The van der Waals surface area contributed by atoms with Gasteiger partial charge in [0.05, 0.1) is 11.2 Å². The van der Waals surface area contributed by atoms with Crippen molar-refractivity contribution < 1.29 is 19.4 Å². The molecule has 0 spiro atoms. The first-order valence-electron chi connectivity index (χ1n) is 6.94. The van der Waals surface area contributed by atoms with Crippen molar-refractivity contribution in [3.05, 3.63) is 51.5 Å². The van der Waals surface area contributed by atoms with Crippen LogP contribution in [-0.4, -0.2) is 29.9 Å². The average Bonchev–Trinajstić information content (AvgIpc) is 2.58. The largest absolute Gasteiger partial charge is 0.506 e. The van der Waals surface area contributed by atoms with E-state index in [2.05, 4.69) is 26.5 Å². The predicted molar refractivity (Wildman–Crippen MR) is 92.9 cm³/mol. The van der Waals surface area contributed by atoms with Crippen molar-refractivity contribution in [3.63, 3.8) is 0 Å². The van der Waals surface area contributed by atoms with Gasteiger partial charge in [0.1, 0.15) is 12.4 Å². The molecule has 3 rings (SSSR count). The minimum atomic E-state index is -0.809. The van der Waals surface area contributed by atoms with Crippen molar-refractivity contribution in [2.75, 3.05) is 6.61 Å². The van der Waals surface area contributed by atoms with Gasteiger partial charge in [-0.1, -0.05) is 39.7 Å². The maximum atomic E-state index is 12.1. The van der Waals surface area contributed by atoms with Crippen molar-refractivity contribution in [3.8, 4) is 17.2 Å². The zero-order valence-corrected chi connectivity index (χ0v) is 14.5. The quantitative estimate of drug-likeness (QED) is 0.601. The van der Waals surface area contributed by atoms with Gasteiger partial charge in [-0.15, -0.1) is 0 Å². The second kappa shape index (κ2) is 7.11. The van der Waals surface area contributed by atoms with Gasteiger partial charge >= 0.3 is 0 Å². The highest BCUT2D eigenvalue weighted by atomic mass is 79.9. The average molecular weight is 412 g/mol. The zero-order valence-electron chi connectivity index (χ0n) is 12.2. The highest BCUT2D eigenvalue weighted by Gasteiger charge is 2.27. The van der Waals surface area contributed by atoms with E-state index in [0.717, 1.165) is 0 Å². The van der Waals surface area contributed by atoms with Crippen LogP contribution in [0.15, 0.2) is 46.0 Å². The summed E-state index contributed by atoms with van der Waals surface area (Å²) in [4.78, 5) is 12.1. The van der Waals surface area contributed by atoms with Gasteiger partial charge in [-0.3, -0.25) is 4.79 Å². The lowest BCUT2D eigenvalue weighted by molar-refractivity contribution is -0.130. The Morgan fingerprint density at radius 2 is 2.12 bits per heavy atom. The molecule has 0 bridgehead atoms. The third-order valence-corrected chi connectivity index (χ3v) is 3.98. The third kappa shape index (κ3) is 3.63. The SMILES string of the molecule is O=C(NN=Cc1cc(Br)cc(Cl)c1O)C1COc2ccccc2O1. The molecule has 2 aromatic rings. The Hall–Kier alpha value is -2.25. The molecular weight excluding hydrogens is 400 g/mol. The molecule has 0 aliphatic carbocycles. The Labute approximate surface area is 151 Å². The van der Waals surface area contributed by atoms with Crippen LogP contribution in [0, 0.1) is 0 Å². The summed E-state index contributed by atoms with van der Waals surface area (Å²) < 4.78 is 11.7. The number of carbonyl (C=O) groups is 1. The van der Waals surface area contributed by atoms with Crippen LogP contribution in [0.5, 0.6) is 17.2 Å². The van der Waals surface area contributed by atoms with Crippen molar-refractivity contribution in [1.29, 1.82) is 0 Å². The number of amides is 1. The summed E-state index contributed by atoms with van der Waals surface area (Å²) in [6.07, 6.45) is 0.485. The van der Waals surface area contributed by atoms with E-state index in [1.54, 1.807) is 30.3 Å². The number of halogens is 2. The summed E-state index contributed by atoms with van der Waals surface area (Å²) in [7, 11) is 0. The van der Waals surface area contributed by atoms with Crippen molar-refractivity contribution in [2.45, 2.75) is 6.10 Å². The second-order valence-electron chi connectivity index (χ2n) is 4.92. The summed E-state index contributed by atoms with van der Waals surface area (Å²) in [6.45, 7) is 0.0896. The summed E-state index contributed by atoms with van der Waals surface area (Å²) in [6, 6.07) is 10.3. The topological polar surface area (TPSA) is 80.2 Å². The van der Waals surface area contributed by atoms with E-state index < -0.39 is 12.0 Å². The number of fused-ring (bicyclic) bond motifs is 1. The highest BCUT2D eigenvalue weighted by molar-refractivity contribution is 9.10. The van der Waals surface area contributed by atoms with E-state index in [9.17, 15) is 9.90 Å². The summed E-state index contributed by atoms with van der Waals surface area (Å²) in [5, 5.41) is 13.8. The van der Waals surface area contributed by atoms with Gasteiger partial charge in [0.2, 0.25) is 6.10 Å². The Morgan fingerprint density at radius 3 is 2.92 bits per heavy atom. The van der Waals surface area contributed by atoms with Gasteiger partial charge in [-0.2, -0.15) is 5.10 Å². The Balaban J connectivity index is 1.64. The Kier molecular flexibility index (Phi) is 4.92. The van der Waals surface area contributed by atoms with E-state index in [0.29, 0.717) is 21.5 Å². The summed E-state index contributed by atoms with van der Waals surface area (Å²) in [5.41, 5.74) is 2.72. The molecule has 1 atom stereocenters. The number of rotatable bonds is 3. The molecule has 2 N–H and O–H groups in total. The molecule has 1 aliphatic rings. The first-order chi connectivity index (χ1) is 11.5. The van der Waals surface area contributed by atoms with E-state index in [-0.39, 0.29) is 17.4 Å². The normalized spacial score (nSPS) is 16.2. The number of aromatic hydroxyl groups is 1. The fourth-order valence-corrected chi connectivity index (χ4v) is 2.90. The minimum absolute atomic E-state index is 0.0896. The molecule has 0 saturated carbocycles. The molecule has 0 radical (unpaired) electrons. The molecule has 0 fully saturated rings. The van der Waals surface area contributed by atoms with Gasteiger partial charge in [-0.25, -0.2) is 5.43 Å². The number of nitrogens with one attached hydrogen (secondary N) is 1. The highest BCUT2D eigenvalue weighted by Crippen LogP contribution is 2.31. The smallest absolute Gasteiger partial charge is 0.284 e. The molecular formula is C16H12BrClN2O4. The van der Waals surface area contributed by atoms with Crippen molar-refractivity contribution in [2.24, 2.45) is 5.10 Å². The lowest BCUT2D eigenvalue weighted by Crippen LogP contribution is -2.42. The molecule has 8 heteroatoms. The van der Waals surface area contributed by atoms with Gasteiger partial charge in [0.15, 0.2) is 11.5 Å². The summed E-state index contributed by atoms with van der Waals surface area (Å²) in [5.74, 6) is 0.522. The number of phenolic OH excluding ortho intramolecular Hbond substituents is 1. The molecule has 2 aromatic carbocycles. The van der Waals surface area contributed by atoms with Crippen molar-refractivity contribution >= 4 is 39.7 Å². The number of hydrazone groups is 1. The molecule has 0 aromatic heterocycles. The summed E-state index contributed by atoms with van der Waals surface area (Å²) >= 11 is 9.13. The number of carbonyl (C=O) groups excluding carboxylic acids is 1. The Morgan fingerprint density at radius 1 is 1.38 bits per heavy atom.